The van der Waals surface area contributed by atoms with Gasteiger partial charge >= 0.3 is 0 Å². The van der Waals surface area contributed by atoms with Crippen molar-refractivity contribution in [2.24, 2.45) is 0 Å². The topological polar surface area (TPSA) is 95.2 Å². The van der Waals surface area contributed by atoms with Gasteiger partial charge in [-0.25, -0.2) is 34.9 Å². The fourth-order valence-corrected chi connectivity index (χ4v) is 16.8. The van der Waals surface area contributed by atoms with E-state index in [1.54, 1.807) is 0 Å². The largest absolute Gasteiger partial charge is 0.299 e. The number of fused-ring (bicyclic) bond motifs is 9. The zero-order valence-corrected chi connectivity index (χ0v) is 44.0. The van der Waals surface area contributed by atoms with Crippen LogP contribution in [0.1, 0.15) is 0 Å². The van der Waals surface area contributed by atoms with Crippen molar-refractivity contribution in [3.05, 3.63) is 267 Å². The molecule has 12 aromatic carbocycles. The van der Waals surface area contributed by atoms with Crippen molar-refractivity contribution in [1.29, 1.82) is 0 Å². The summed E-state index contributed by atoms with van der Waals surface area (Å²) in [5, 5.41) is 12.8. The van der Waals surface area contributed by atoms with Gasteiger partial charge in [0.25, 0.3) is 0 Å². The van der Waals surface area contributed by atoms with Crippen molar-refractivity contribution in [2.45, 2.75) is 0 Å². The summed E-state index contributed by atoms with van der Waals surface area (Å²) in [6, 6.07) is 94.4. The number of imidazole rings is 1. The Morgan fingerprint density at radius 2 is 0.562 bits per heavy atom. The molecular weight excluding hydrogens is 993 g/mol. The number of aromatic nitrogens is 8. The molecule has 8 nitrogen and oxygen atoms in total. The predicted octanol–water partition coefficient (Wildman–Crippen LogP) is 13.7. The highest BCUT2D eigenvalue weighted by Gasteiger charge is 2.52. The van der Waals surface area contributed by atoms with E-state index < -0.39 is 8.07 Å². The van der Waals surface area contributed by atoms with Crippen LogP contribution in [0, 0.1) is 0 Å². The predicted molar refractivity (Wildman–Crippen MR) is 328 cm³/mol. The quantitative estimate of drug-likeness (QED) is 0.140. The summed E-state index contributed by atoms with van der Waals surface area (Å²) in [6.07, 6.45) is 0. The van der Waals surface area contributed by atoms with E-state index in [0.29, 0.717) is 34.9 Å². The van der Waals surface area contributed by atoms with Gasteiger partial charge in [-0.3, -0.25) is 4.57 Å². The zero-order valence-electron chi connectivity index (χ0n) is 43.0. The highest BCUT2D eigenvalue weighted by Crippen LogP contribution is 2.33. The lowest BCUT2D eigenvalue weighted by molar-refractivity contribution is 1.07. The van der Waals surface area contributed by atoms with Crippen LogP contribution in [0.4, 0.5) is 0 Å². The SMILES string of the molecule is c1ccc2c(c1)-n1c(nc3ccccc31)[Si]2(c1ccc(-c2nc(-c3ccc4ccccc4c3)nc(-c3ccc4ccccc4c3)n2)cc1)c1ccc(-c2nc(-c3ccc4ccccc4c3)nc(-c3ccc4ccccc4c3)n2)cc1. The Bertz CT molecular complexity index is 4530. The average Bonchev–Trinajstić information content (AvgIpc) is 4.06. The van der Waals surface area contributed by atoms with E-state index in [2.05, 4.69) is 271 Å². The lowest BCUT2D eigenvalue weighted by atomic mass is 10.1. The molecule has 0 radical (unpaired) electrons. The molecule has 0 N–H and O–H groups in total. The molecule has 16 rings (SSSR count). The minimum absolute atomic E-state index is 0.598. The summed E-state index contributed by atoms with van der Waals surface area (Å²) in [7, 11) is -3.17. The van der Waals surface area contributed by atoms with Gasteiger partial charge in [-0.2, -0.15) is 0 Å². The molecule has 0 fully saturated rings. The molecule has 0 amide bonds. The fourth-order valence-electron chi connectivity index (χ4n) is 11.9. The van der Waals surface area contributed by atoms with Gasteiger partial charge < -0.3 is 0 Å². The maximum absolute atomic E-state index is 5.60. The van der Waals surface area contributed by atoms with E-state index in [1.807, 2.05) is 0 Å². The molecule has 9 heteroatoms. The molecule has 0 saturated heterocycles. The van der Waals surface area contributed by atoms with Crippen LogP contribution in [0.25, 0.3) is 128 Å². The van der Waals surface area contributed by atoms with E-state index in [4.69, 9.17) is 34.9 Å². The van der Waals surface area contributed by atoms with Gasteiger partial charge in [0.2, 0.25) is 8.07 Å². The molecule has 3 aromatic heterocycles. The second-order valence-electron chi connectivity index (χ2n) is 20.5. The Morgan fingerprint density at radius 1 is 0.250 bits per heavy atom. The molecule has 0 aliphatic carbocycles. The van der Waals surface area contributed by atoms with Crippen LogP contribution in [0.5, 0.6) is 0 Å². The third kappa shape index (κ3) is 7.47. The molecule has 1 aliphatic rings. The summed E-state index contributed by atoms with van der Waals surface area (Å²) in [5.74, 6) is 3.66. The first-order chi connectivity index (χ1) is 39.6. The second-order valence-corrected chi connectivity index (χ2v) is 24.2. The summed E-state index contributed by atoms with van der Waals surface area (Å²) >= 11 is 0. The fraction of sp³-hybridized carbons (Fsp3) is 0. The average molecular weight is 1040 g/mol. The Labute approximate surface area is 461 Å². The second kappa shape index (κ2) is 18.3. The Morgan fingerprint density at radius 3 is 0.963 bits per heavy atom. The van der Waals surface area contributed by atoms with Gasteiger partial charge in [-0.15, -0.1) is 0 Å². The van der Waals surface area contributed by atoms with Crippen LogP contribution in [0.3, 0.4) is 0 Å². The Kier molecular flexibility index (Phi) is 10.4. The van der Waals surface area contributed by atoms with Gasteiger partial charge in [-0.05, 0) is 101 Å². The summed E-state index contributed by atoms with van der Waals surface area (Å²) in [5.41, 5.74) is 9.71. The lowest BCUT2D eigenvalue weighted by Gasteiger charge is -2.28. The van der Waals surface area contributed by atoms with Crippen LogP contribution in [-0.2, 0) is 0 Å². The molecule has 0 unspecified atom stereocenters. The van der Waals surface area contributed by atoms with E-state index >= 15 is 0 Å². The van der Waals surface area contributed by atoms with E-state index in [1.165, 1.54) is 15.6 Å². The van der Waals surface area contributed by atoms with Crippen molar-refractivity contribution >= 4 is 83.2 Å². The Hall–Kier alpha value is -10.6. The molecule has 0 spiro atoms. The van der Waals surface area contributed by atoms with Crippen molar-refractivity contribution in [2.75, 3.05) is 0 Å². The summed E-state index contributed by atoms with van der Waals surface area (Å²) in [6.45, 7) is 0. The molecule has 0 bridgehead atoms. The van der Waals surface area contributed by atoms with E-state index in [0.717, 1.165) is 98.6 Å². The normalized spacial score (nSPS) is 12.6. The van der Waals surface area contributed by atoms with Crippen LogP contribution in [-0.4, -0.2) is 47.5 Å². The van der Waals surface area contributed by atoms with Crippen molar-refractivity contribution in [3.63, 3.8) is 0 Å². The maximum Gasteiger partial charge on any atom is 0.226 e. The molecule has 4 heterocycles. The van der Waals surface area contributed by atoms with Crippen LogP contribution >= 0.6 is 0 Å². The number of para-hydroxylation sites is 3. The standard InChI is InChI=1S/C71H44N8Si/c1-5-17-51-41-55(29-25-45(51)13-1)67-73-65(74-68(77-67)56-30-26-46-14-2-6-18-52(46)42-56)49-33-37-59(38-34-49)80(64-24-12-11-23-63(64)79-62-22-10-9-21-61(62)72-71(79)80)60-39-35-50(36-40-60)66-75-69(57-31-27-47-15-3-7-19-53(47)43-57)78-70(76-66)58-32-28-48-16-4-8-20-54(48)44-58/h1-44H. The summed E-state index contributed by atoms with van der Waals surface area (Å²) < 4.78 is 2.40. The highest BCUT2D eigenvalue weighted by atomic mass is 28.3. The minimum Gasteiger partial charge on any atom is -0.299 e. The van der Waals surface area contributed by atoms with Gasteiger partial charge in [0.1, 0.15) is 5.45 Å². The highest BCUT2D eigenvalue weighted by molar-refractivity contribution is 7.20. The Balaban J connectivity index is 0.856. The van der Waals surface area contributed by atoms with Gasteiger partial charge in [0.15, 0.2) is 34.9 Å². The maximum atomic E-state index is 5.60. The van der Waals surface area contributed by atoms with Crippen LogP contribution < -0.4 is 21.0 Å². The number of hydrogen-bond acceptors (Lipinski definition) is 7. The number of nitrogens with zero attached hydrogens (tertiary/aromatic N) is 8. The van der Waals surface area contributed by atoms with E-state index in [9.17, 15) is 0 Å². The third-order valence-corrected chi connectivity index (χ3v) is 20.5. The zero-order chi connectivity index (χ0) is 52.7. The number of benzene rings is 12. The van der Waals surface area contributed by atoms with Crippen LogP contribution in [0.15, 0.2) is 267 Å². The van der Waals surface area contributed by atoms with E-state index in [-0.39, 0.29) is 0 Å². The van der Waals surface area contributed by atoms with Gasteiger partial charge in [-0.1, -0.05) is 224 Å². The smallest absolute Gasteiger partial charge is 0.226 e. The van der Waals surface area contributed by atoms with Crippen LogP contribution in [0.2, 0.25) is 0 Å². The third-order valence-electron chi connectivity index (χ3n) is 15.9. The summed E-state index contributed by atoms with van der Waals surface area (Å²) in [4.78, 5) is 36.9. The van der Waals surface area contributed by atoms with Crippen molar-refractivity contribution in [1.82, 2.24) is 39.5 Å². The molecule has 80 heavy (non-hydrogen) atoms. The van der Waals surface area contributed by atoms with Gasteiger partial charge in [0, 0.05) is 39.1 Å². The number of hydrogen-bond donors (Lipinski definition) is 0. The molecule has 0 atom stereocenters. The minimum atomic E-state index is -3.17. The molecule has 372 valence electrons. The first-order valence-electron chi connectivity index (χ1n) is 26.9. The van der Waals surface area contributed by atoms with Gasteiger partial charge in [0.05, 0.1) is 11.0 Å². The molecule has 1 aliphatic heterocycles. The molecule has 0 saturated carbocycles. The molecule has 15 aromatic rings. The molecular formula is C71H44N8Si. The first-order valence-corrected chi connectivity index (χ1v) is 28.9. The first kappa shape index (κ1) is 45.6. The van der Waals surface area contributed by atoms with Crippen molar-refractivity contribution < 1.29 is 0 Å². The monoisotopic (exact) mass is 1040 g/mol. The lowest BCUT2D eigenvalue weighted by Crippen LogP contribution is -2.73. The number of rotatable bonds is 8. The van der Waals surface area contributed by atoms with Crippen molar-refractivity contribution in [3.8, 4) is 74.0 Å².